The van der Waals surface area contributed by atoms with Crippen LogP contribution in [0.4, 0.5) is 0 Å². The Morgan fingerprint density at radius 3 is 2.57 bits per heavy atom. The third kappa shape index (κ3) is 1.96. The molecule has 2 heterocycles. The van der Waals surface area contributed by atoms with Crippen LogP contribution in [0.1, 0.15) is 30.5 Å². The second-order valence-corrected chi connectivity index (χ2v) is 7.18. The first-order valence-electron chi connectivity index (χ1n) is 8.01. The molecule has 0 unspecified atom stereocenters. The van der Waals surface area contributed by atoms with Crippen molar-refractivity contribution in [2.75, 3.05) is 0 Å². The average molecular weight is 304 g/mol. The lowest BCUT2D eigenvalue weighted by molar-refractivity contribution is 0.336. The van der Waals surface area contributed by atoms with Crippen LogP contribution in [0.3, 0.4) is 0 Å². The highest BCUT2D eigenvalue weighted by atomic mass is 16.1. The quantitative estimate of drug-likeness (QED) is 0.630. The molecule has 0 aliphatic carbocycles. The van der Waals surface area contributed by atoms with Crippen molar-refractivity contribution in [1.82, 2.24) is 9.55 Å². The molecule has 0 saturated carbocycles. The molecule has 3 aromatic rings. The monoisotopic (exact) mass is 304 g/mol. The predicted octanol–water partition coefficient (Wildman–Crippen LogP) is 3.97. The maximum atomic E-state index is 13.1. The van der Waals surface area contributed by atoms with Crippen molar-refractivity contribution < 1.29 is 0 Å². The third-order valence-corrected chi connectivity index (χ3v) is 4.96. The molecule has 0 saturated heterocycles. The molecule has 2 aromatic carbocycles. The molecule has 0 atom stereocenters. The molecule has 0 spiro atoms. The minimum Gasteiger partial charge on any atom is -0.286 e. The van der Waals surface area contributed by atoms with Gasteiger partial charge in [0.2, 0.25) is 0 Å². The molecule has 1 aliphatic heterocycles. The van der Waals surface area contributed by atoms with Gasteiger partial charge in [-0.2, -0.15) is 0 Å². The van der Waals surface area contributed by atoms with Crippen molar-refractivity contribution >= 4 is 10.9 Å². The summed E-state index contributed by atoms with van der Waals surface area (Å²) in [6, 6.07) is 12.0. The Morgan fingerprint density at radius 2 is 1.78 bits per heavy atom. The summed E-state index contributed by atoms with van der Waals surface area (Å²) in [5.74, 6) is 0.794. The van der Waals surface area contributed by atoms with Crippen LogP contribution in [0.5, 0.6) is 0 Å². The molecule has 0 amide bonds. The van der Waals surface area contributed by atoms with E-state index in [1.54, 1.807) is 0 Å². The number of aryl methyl sites for hydroxylation is 2. The van der Waals surface area contributed by atoms with Gasteiger partial charge in [-0.3, -0.25) is 9.36 Å². The van der Waals surface area contributed by atoms with Crippen LogP contribution in [0, 0.1) is 13.8 Å². The van der Waals surface area contributed by atoms with Crippen molar-refractivity contribution in [3.63, 3.8) is 0 Å². The van der Waals surface area contributed by atoms with Gasteiger partial charge in [0.25, 0.3) is 5.56 Å². The van der Waals surface area contributed by atoms with E-state index >= 15 is 0 Å². The van der Waals surface area contributed by atoms with E-state index in [-0.39, 0.29) is 11.1 Å². The molecule has 116 valence electrons. The topological polar surface area (TPSA) is 34.9 Å². The van der Waals surface area contributed by atoms with Gasteiger partial charge in [0.15, 0.2) is 0 Å². The SMILES string of the molecule is Cc1cc2c(cc1C)-c1nc3ccccc3c(=O)n1C(C)(C)C2. The van der Waals surface area contributed by atoms with E-state index in [9.17, 15) is 4.79 Å². The number of fused-ring (bicyclic) bond motifs is 4. The lowest BCUT2D eigenvalue weighted by Crippen LogP contribution is -2.42. The fourth-order valence-electron chi connectivity index (χ4n) is 3.65. The molecule has 0 fully saturated rings. The normalized spacial score (nSPS) is 15.3. The predicted molar refractivity (Wildman–Crippen MR) is 93.9 cm³/mol. The van der Waals surface area contributed by atoms with Gasteiger partial charge >= 0.3 is 0 Å². The molecule has 23 heavy (non-hydrogen) atoms. The van der Waals surface area contributed by atoms with E-state index in [0.717, 1.165) is 23.3 Å². The fraction of sp³-hybridized carbons (Fsp3) is 0.300. The van der Waals surface area contributed by atoms with E-state index in [0.29, 0.717) is 5.39 Å². The summed E-state index contributed by atoms with van der Waals surface area (Å²) in [6.07, 6.45) is 0.844. The molecule has 0 bridgehead atoms. The first-order valence-corrected chi connectivity index (χ1v) is 8.01. The van der Waals surface area contributed by atoms with Gasteiger partial charge < -0.3 is 0 Å². The number of nitrogens with zero attached hydrogens (tertiary/aromatic N) is 2. The van der Waals surface area contributed by atoms with Gasteiger partial charge in [0, 0.05) is 11.1 Å². The molecule has 1 aromatic heterocycles. The highest BCUT2D eigenvalue weighted by Crippen LogP contribution is 2.37. The number of hydrogen-bond donors (Lipinski definition) is 0. The van der Waals surface area contributed by atoms with E-state index in [1.807, 2.05) is 28.8 Å². The highest BCUT2D eigenvalue weighted by Gasteiger charge is 2.33. The van der Waals surface area contributed by atoms with Crippen LogP contribution in [0.2, 0.25) is 0 Å². The van der Waals surface area contributed by atoms with Crippen LogP contribution in [-0.2, 0) is 12.0 Å². The molecule has 0 N–H and O–H groups in total. The summed E-state index contributed by atoms with van der Waals surface area (Å²) in [6.45, 7) is 8.48. The minimum atomic E-state index is -0.280. The highest BCUT2D eigenvalue weighted by molar-refractivity contribution is 5.81. The maximum Gasteiger partial charge on any atom is 0.262 e. The number of hydrogen-bond acceptors (Lipinski definition) is 2. The van der Waals surface area contributed by atoms with Gasteiger partial charge in [-0.25, -0.2) is 4.98 Å². The summed E-state index contributed by atoms with van der Waals surface area (Å²) >= 11 is 0. The Balaban J connectivity index is 2.18. The number of benzene rings is 2. The van der Waals surface area contributed by atoms with Gasteiger partial charge in [-0.1, -0.05) is 18.2 Å². The molecule has 4 rings (SSSR count). The Morgan fingerprint density at radius 1 is 1.09 bits per heavy atom. The van der Waals surface area contributed by atoms with Crippen LogP contribution in [0.15, 0.2) is 41.2 Å². The zero-order chi connectivity index (χ0) is 16.4. The standard InChI is InChI=1S/C20H20N2O/c1-12-9-14-11-20(3,4)22-18(16(14)10-13(12)2)21-17-8-6-5-7-15(17)19(22)23/h5-10H,11H2,1-4H3. The van der Waals surface area contributed by atoms with Crippen molar-refractivity contribution in [2.45, 2.75) is 39.7 Å². The molecule has 0 radical (unpaired) electrons. The Kier molecular flexibility index (Phi) is 2.80. The van der Waals surface area contributed by atoms with Crippen LogP contribution in [-0.4, -0.2) is 9.55 Å². The largest absolute Gasteiger partial charge is 0.286 e. The van der Waals surface area contributed by atoms with Crippen LogP contribution < -0.4 is 5.56 Å². The van der Waals surface area contributed by atoms with E-state index in [1.165, 1.54) is 16.7 Å². The van der Waals surface area contributed by atoms with Gasteiger partial charge in [-0.15, -0.1) is 0 Å². The maximum absolute atomic E-state index is 13.1. The number of para-hydroxylation sites is 1. The minimum absolute atomic E-state index is 0.0551. The summed E-state index contributed by atoms with van der Waals surface area (Å²) < 4.78 is 1.88. The van der Waals surface area contributed by atoms with Crippen LogP contribution in [0.25, 0.3) is 22.3 Å². The second kappa shape index (κ2) is 4.54. The van der Waals surface area contributed by atoms with Gasteiger partial charge in [-0.05, 0) is 69.0 Å². The van der Waals surface area contributed by atoms with Crippen molar-refractivity contribution in [1.29, 1.82) is 0 Å². The van der Waals surface area contributed by atoms with Crippen molar-refractivity contribution in [3.8, 4) is 11.4 Å². The molecular weight excluding hydrogens is 284 g/mol. The lowest BCUT2D eigenvalue weighted by atomic mass is 9.85. The second-order valence-electron chi connectivity index (χ2n) is 7.18. The Labute approximate surface area is 135 Å². The zero-order valence-corrected chi connectivity index (χ0v) is 14.0. The molecular formula is C20H20N2O. The van der Waals surface area contributed by atoms with E-state index < -0.39 is 0 Å². The first kappa shape index (κ1) is 14.2. The van der Waals surface area contributed by atoms with Gasteiger partial charge in [0.1, 0.15) is 5.82 Å². The molecule has 3 nitrogen and oxygen atoms in total. The summed E-state index contributed by atoms with van der Waals surface area (Å²) in [7, 11) is 0. The Bertz CT molecular complexity index is 1010. The van der Waals surface area contributed by atoms with Crippen molar-refractivity contribution in [2.24, 2.45) is 0 Å². The molecule has 1 aliphatic rings. The van der Waals surface area contributed by atoms with Crippen molar-refractivity contribution in [3.05, 3.63) is 63.4 Å². The summed E-state index contributed by atoms with van der Waals surface area (Å²) in [4.78, 5) is 17.9. The average Bonchev–Trinajstić information content (AvgIpc) is 2.49. The number of rotatable bonds is 0. The third-order valence-electron chi connectivity index (χ3n) is 4.96. The fourth-order valence-corrected chi connectivity index (χ4v) is 3.65. The van der Waals surface area contributed by atoms with Gasteiger partial charge in [0.05, 0.1) is 10.9 Å². The lowest BCUT2D eigenvalue weighted by Gasteiger charge is -2.36. The summed E-state index contributed by atoms with van der Waals surface area (Å²) in [5.41, 5.74) is 5.44. The zero-order valence-electron chi connectivity index (χ0n) is 14.0. The summed E-state index contributed by atoms with van der Waals surface area (Å²) in [5, 5.41) is 0.691. The molecule has 3 heteroatoms. The van der Waals surface area contributed by atoms with E-state index in [2.05, 4.69) is 39.8 Å². The smallest absolute Gasteiger partial charge is 0.262 e. The Hall–Kier alpha value is -2.42. The first-order chi connectivity index (χ1) is 10.9. The van der Waals surface area contributed by atoms with E-state index in [4.69, 9.17) is 4.98 Å². The van der Waals surface area contributed by atoms with Crippen LogP contribution >= 0.6 is 0 Å². The number of aromatic nitrogens is 2.